The van der Waals surface area contributed by atoms with Crippen molar-refractivity contribution in [2.45, 2.75) is 46.2 Å². The van der Waals surface area contributed by atoms with Gasteiger partial charge in [0.2, 0.25) is 0 Å². The Morgan fingerprint density at radius 3 is 2.57 bits per heavy atom. The minimum atomic E-state index is 0.632. The highest BCUT2D eigenvalue weighted by Crippen LogP contribution is 2.14. The average Bonchev–Trinajstić information content (AvgIpc) is 2.69. The van der Waals surface area contributed by atoms with E-state index in [1.54, 1.807) is 0 Å². The van der Waals surface area contributed by atoms with E-state index >= 15 is 0 Å². The predicted molar refractivity (Wildman–Crippen MR) is 64.7 cm³/mol. The summed E-state index contributed by atoms with van der Waals surface area (Å²) >= 11 is 1.83. The largest absolute Gasteiger partial charge is 0.309 e. The highest BCUT2D eigenvalue weighted by atomic mass is 32.1. The first-order valence-corrected chi connectivity index (χ1v) is 6.41. The first-order chi connectivity index (χ1) is 6.77. The van der Waals surface area contributed by atoms with Crippen molar-refractivity contribution in [2.75, 3.05) is 0 Å². The molecule has 0 aliphatic heterocycles. The number of thiophene rings is 1. The van der Waals surface area contributed by atoms with Crippen molar-refractivity contribution in [3.05, 3.63) is 22.4 Å². The van der Waals surface area contributed by atoms with Crippen molar-refractivity contribution in [3.63, 3.8) is 0 Å². The van der Waals surface area contributed by atoms with Crippen molar-refractivity contribution in [1.82, 2.24) is 5.32 Å². The quantitative estimate of drug-likeness (QED) is 0.757. The standard InChI is InChI=1S/C12H21NS/c1-4-11(5-2)10(3)13-9-12-7-6-8-14-12/h6-8,10-11,13H,4-5,9H2,1-3H3. The summed E-state index contributed by atoms with van der Waals surface area (Å²) in [4.78, 5) is 1.43. The van der Waals surface area contributed by atoms with Gasteiger partial charge in [0.1, 0.15) is 0 Å². The summed E-state index contributed by atoms with van der Waals surface area (Å²) in [5.41, 5.74) is 0. The molecule has 0 bridgehead atoms. The van der Waals surface area contributed by atoms with E-state index in [0.717, 1.165) is 12.5 Å². The Balaban J connectivity index is 2.30. The van der Waals surface area contributed by atoms with Gasteiger partial charge in [-0.25, -0.2) is 0 Å². The van der Waals surface area contributed by atoms with Gasteiger partial charge >= 0.3 is 0 Å². The molecule has 80 valence electrons. The lowest BCUT2D eigenvalue weighted by Crippen LogP contribution is -2.32. The van der Waals surface area contributed by atoms with E-state index in [9.17, 15) is 0 Å². The number of hydrogen-bond acceptors (Lipinski definition) is 2. The second kappa shape index (κ2) is 6.20. The molecule has 0 radical (unpaired) electrons. The van der Waals surface area contributed by atoms with E-state index in [-0.39, 0.29) is 0 Å². The Morgan fingerprint density at radius 1 is 1.36 bits per heavy atom. The van der Waals surface area contributed by atoms with Crippen molar-refractivity contribution < 1.29 is 0 Å². The molecule has 1 nitrogen and oxygen atoms in total. The summed E-state index contributed by atoms with van der Waals surface area (Å²) in [7, 11) is 0. The lowest BCUT2D eigenvalue weighted by molar-refractivity contribution is 0.354. The molecule has 2 heteroatoms. The molecule has 0 aliphatic rings. The minimum absolute atomic E-state index is 0.632. The van der Waals surface area contributed by atoms with E-state index in [1.165, 1.54) is 17.7 Å². The van der Waals surface area contributed by atoms with E-state index in [0.29, 0.717) is 6.04 Å². The molecule has 1 N–H and O–H groups in total. The van der Waals surface area contributed by atoms with Gasteiger partial charge in [0.05, 0.1) is 0 Å². The van der Waals surface area contributed by atoms with Crippen LogP contribution in [0.3, 0.4) is 0 Å². The van der Waals surface area contributed by atoms with Crippen LogP contribution in [0.25, 0.3) is 0 Å². The Morgan fingerprint density at radius 2 is 2.07 bits per heavy atom. The summed E-state index contributed by atoms with van der Waals surface area (Å²) in [6, 6.07) is 4.94. The van der Waals surface area contributed by atoms with Gasteiger partial charge in [-0.05, 0) is 24.3 Å². The number of nitrogens with one attached hydrogen (secondary N) is 1. The number of rotatable bonds is 6. The van der Waals surface area contributed by atoms with Crippen LogP contribution in [-0.2, 0) is 6.54 Å². The van der Waals surface area contributed by atoms with Crippen LogP contribution < -0.4 is 5.32 Å². The van der Waals surface area contributed by atoms with E-state index in [2.05, 4.69) is 43.6 Å². The topological polar surface area (TPSA) is 12.0 Å². The SMILES string of the molecule is CCC(CC)C(C)NCc1cccs1. The van der Waals surface area contributed by atoms with Crippen molar-refractivity contribution in [3.8, 4) is 0 Å². The van der Waals surface area contributed by atoms with Crippen LogP contribution in [0.1, 0.15) is 38.5 Å². The van der Waals surface area contributed by atoms with Crippen LogP contribution >= 0.6 is 11.3 Å². The van der Waals surface area contributed by atoms with Crippen molar-refractivity contribution in [1.29, 1.82) is 0 Å². The zero-order valence-corrected chi connectivity index (χ0v) is 10.2. The second-order valence-corrected chi connectivity index (χ2v) is 4.86. The third-order valence-electron chi connectivity index (χ3n) is 2.93. The molecular formula is C12H21NS. The molecule has 0 saturated carbocycles. The van der Waals surface area contributed by atoms with Gasteiger partial charge in [-0.1, -0.05) is 32.8 Å². The monoisotopic (exact) mass is 211 g/mol. The van der Waals surface area contributed by atoms with Crippen LogP contribution in [0.15, 0.2) is 17.5 Å². The lowest BCUT2D eigenvalue weighted by atomic mass is 9.95. The molecule has 0 fully saturated rings. The molecule has 0 spiro atoms. The fourth-order valence-corrected chi connectivity index (χ4v) is 2.49. The minimum Gasteiger partial charge on any atom is -0.309 e. The highest BCUT2D eigenvalue weighted by molar-refractivity contribution is 7.09. The average molecular weight is 211 g/mol. The molecule has 0 saturated heterocycles. The highest BCUT2D eigenvalue weighted by Gasteiger charge is 2.12. The molecule has 0 amide bonds. The second-order valence-electron chi connectivity index (χ2n) is 3.83. The van der Waals surface area contributed by atoms with Gasteiger partial charge in [-0.15, -0.1) is 11.3 Å². The fraction of sp³-hybridized carbons (Fsp3) is 0.667. The van der Waals surface area contributed by atoms with Crippen LogP contribution in [0.4, 0.5) is 0 Å². The lowest BCUT2D eigenvalue weighted by Gasteiger charge is -2.22. The maximum atomic E-state index is 3.60. The van der Waals surface area contributed by atoms with Crippen LogP contribution in [0.2, 0.25) is 0 Å². The summed E-state index contributed by atoms with van der Waals surface area (Å²) < 4.78 is 0. The van der Waals surface area contributed by atoms with Crippen molar-refractivity contribution in [2.24, 2.45) is 5.92 Å². The Hall–Kier alpha value is -0.340. The van der Waals surface area contributed by atoms with E-state index < -0.39 is 0 Å². The smallest absolute Gasteiger partial charge is 0.0302 e. The normalized spacial score (nSPS) is 13.4. The van der Waals surface area contributed by atoms with E-state index in [1.807, 2.05) is 11.3 Å². The molecule has 14 heavy (non-hydrogen) atoms. The van der Waals surface area contributed by atoms with Gasteiger partial charge in [0, 0.05) is 17.5 Å². The summed E-state index contributed by atoms with van der Waals surface area (Å²) in [5.74, 6) is 0.815. The zero-order valence-electron chi connectivity index (χ0n) is 9.42. The molecule has 1 aromatic rings. The van der Waals surface area contributed by atoms with Crippen LogP contribution in [0.5, 0.6) is 0 Å². The van der Waals surface area contributed by atoms with Gasteiger partial charge in [0.15, 0.2) is 0 Å². The third-order valence-corrected chi connectivity index (χ3v) is 3.81. The van der Waals surface area contributed by atoms with Gasteiger partial charge in [-0.2, -0.15) is 0 Å². The molecular weight excluding hydrogens is 190 g/mol. The van der Waals surface area contributed by atoms with Crippen molar-refractivity contribution >= 4 is 11.3 Å². The third kappa shape index (κ3) is 3.43. The first kappa shape index (κ1) is 11.7. The Labute approximate surface area is 91.5 Å². The fourth-order valence-electron chi connectivity index (χ4n) is 1.84. The first-order valence-electron chi connectivity index (χ1n) is 5.53. The van der Waals surface area contributed by atoms with E-state index in [4.69, 9.17) is 0 Å². The molecule has 1 aromatic heterocycles. The molecule has 0 aliphatic carbocycles. The van der Waals surface area contributed by atoms with Gasteiger partial charge in [0.25, 0.3) is 0 Å². The Bertz CT molecular complexity index is 226. The molecule has 1 unspecified atom stereocenters. The molecule has 1 atom stereocenters. The molecule has 1 heterocycles. The molecule has 1 rings (SSSR count). The molecule has 0 aromatic carbocycles. The predicted octanol–water partition coefficient (Wildman–Crippen LogP) is 3.66. The van der Waals surface area contributed by atoms with Crippen LogP contribution in [-0.4, -0.2) is 6.04 Å². The van der Waals surface area contributed by atoms with Gasteiger partial charge in [-0.3, -0.25) is 0 Å². The summed E-state index contributed by atoms with van der Waals surface area (Å²) in [5, 5.41) is 5.74. The zero-order chi connectivity index (χ0) is 10.4. The summed E-state index contributed by atoms with van der Waals surface area (Å²) in [6.07, 6.45) is 2.55. The maximum absolute atomic E-state index is 3.60. The number of hydrogen-bond donors (Lipinski definition) is 1. The van der Waals surface area contributed by atoms with Crippen LogP contribution in [0, 0.1) is 5.92 Å². The Kier molecular flexibility index (Phi) is 5.20. The van der Waals surface area contributed by atoms with Gasteiger partial charge < -0.3 is 5.32 Å². The summed E-state index contributed by atoms with van der Waals surface area (Å²) in [6.45, 7) is 7.87. The maximum Gasteiger partial charge on any atom is 0.0302 e.